The second kappa shape index (κ2) is 8.72. The van der Waals surface area contributed by atoms with E-state index in [2.05, 4.69) is 5.32 Å². The molecule has 0 fully saturated rings. The average Bonchev–Trinajstić information content (AvgIpc) is 3.50. The monoisotopic (exact) mass is 563 g/mol. The molecular weight excluding hydrogens is 541 g/mol. The number of nitrogens with one attached hydrogen (secondary N) is 1. The number of halogens is 2. The Morgan fingerprint density at radius 2 is 1.79 bits per heavy atom. The number of hydrogen-bond acceptors (Lipinski definition) is 5. The molecule has 2 aromatic carbocycles. The van der Waals surface area contributed by atoms with Crippen LogP contribution in [-0.4, -0.2) is 33.0 Å². The van der Waals surface area contributed by atoms with Crippen LogP contribution >= 0.6 is 23.2 Å². The second-order valence-corrected chi connectivity index (χ2v) is 10.6. The van der Waals surface area contributed by atoms with Crippen molar-refractivity contribution < 1.29 is 14.3 Å². The van der Waals surface area contributed by atoms with E-state index >= 15 is 0 Å². The zero-order valence-corrected chi connectivity index (χ0v) is 23.0. The Balaban J connectivity index is 1.74. The van der Waals surface area contributed by atoms with Crippen molar-refractivity contribution in [3.05, 3.63) is 92.1 Å². The van der Waals surface area contributed by atoms with Crippen molar-refractivity contribution >= 4 is 46.4 Å². The summed E-state index contributed by atoms with van der Waals surface area (Å²) in [6.07, 6.45) is 1.49. The van der Waals surface area contributed by atoms with E-state index in [1.807, 2.05) is 42.7 Å². The number of para-hydroxylation sites is 1. The van der Waals surface area contributed by atoms with Gasteiger partial charge in [0.15, 0.2) is 11.2 Å². The van der Waals surface area contributed by atoms with Crippen LogP contribution in [0.15, 0.2) is 59.5 Å². The summed E-state index contributed by atoms with van der Waals surface area (Å²) in [5.41, 5.74) is 0.413. The number of carbonyl (C=O) groups is 2. The minimum Gasteiger partial charge on any atom is -0.496 e. The molecule has 0 bridgehead atoms. The third-order valence-corrected chi connectivity index (χ3v) is 7.70. The van der Waals surface area contributed by atoms with Crippen molar-refractivity contribution in [3.63, 3.8) is 0 Å². The molecule has 198 valence electrons. The van der Waals surface area contributed by atoms with Crippen LogP contribution in [0.4, 0.5) is 11.4 Å². The summed E-state index contributed by atoms with van der Waals surface area (Å²) in [6, 6.07) is 13.6. The molecule has 0 radical (unpaired) electrons. The summed E-state index contributed by atoms with van der Waals surface area (Å²) in [5, 5.41) is 3.27. The van der Waals surface area contributed by atoms with E-state index in [-0.39, 0.29) is 22.4 Å². The number of carbonyl (C=O) groups excluding carboxylic acids is 2. The van der Waals surface area contributed by atoms with Gasteiger partial charge in [0.05, 0.1) is 24.1 Å². The topological polar surface area (TPSA) is 98.5 Å². The highest BCUT2D eigenvalue weighted by molar-refractivity contribution is 6.32. The van der Waals surface area contributed by atoms with Crippen LogP contribution in [0.1, 0.15) is 41.6 Å². The molecule has 11 heteroatoms. The van der Waals surface area contributed by atoms with Gasteiger partial charge in [-0.1, -0.05) is 41.4 Å². The highest BCUT2D eigenvalue weighted by atomic mass is 35.5. The third-order valence-electron chi connectivity index (χ3n) is 7.19. The first-order chi connectivity index (χ1) is 18.6. The highest BCUT2D eigenvalue weighted by Crippen LogP contribution is 2.54. The van der Waals surface area contributed by atoms with Gasteiger partial charge >= 0.3 is 0 Å². The van der Waals surface area contributed by atoms with E-state index in [9.17, 15) is 14.4 Å². The Hall–Kier alpha value is -4.08. The maximum Gasteiger partial charge on any atom is 0.280 e. The summed E-state index contributed by atoms with van der Waals surface area (Å²) in [4.78, 5) is 47.2. The van der Waals surface area contributed by atoms with Crippen molar-refractivity contribution in [2.75, 3.05) is 17.3 Å². The maximum atomic E-state index is 14.3. The van der Waals surface area contributed by atoms with Gasteiger partial charge in [-0.25, -0.2) is 4.98 Å². The molecule has 4 heterocycles. The van der Waals surface area contributed by atoms with E-state index in [1.54, 1.807) is 25.3 Å². The number of methoxy groups -OCH3 is 1. The molecule has 2 aliphatic rings. The summed E-state index contributed by atoms with van der Waals surface area (Å²) < 4.78 is 8.79. The SMILES string of the molecule is COc1ccccc1-c1nc2c(n1C(C)C)C1(C(=O)Nc3cc(Cl)ccc31)N(c1cc(Cl)c(=O)n(C)c1)C2=O. The molecule has 1 atom stereocenters. The average molecular weight is 564 g/mol. The van der Waals surface area contributed by atoms with E-state index in [0.29, 0.717) is 39.1 Å². The standard InChI is InChI=1S/C28H23Cl2N5O4/c1-14(2)34-23-22(32-24(34)17-7-5-6-8-21(17)39-4)26(37)35(16-12-19(30)25(36)33(3)13-16)28(23)18-10-9-15(29)11-20(18)31-27(28)38/h5-14H,1-4H3,(H,31,38). The van der Waals surface area contributed by atoms with Crippen molar-refractivity contribution in [1.82, 2.24) is 14.1 Å². The first kappa shape index (κ1) is 25.2. The molecule has 1 unspecified atom stereocenters. The molecule has 2 aromatic heterocycles. The molecule has 0 saturated heterocycles. The van der Waals surface area contributed by atoms with Gasteiger partial charge in [-0.2, -0.15) is 0 Å². The molecule has 0 saturated carbocycles. The van der Waals surface area contributed by atoms with Crippen molar-refractivity contribution in [3.8, 4) is 17.1 Å². The van der Waals surface area contributed by atoms with Gasteiger partial charge in [-0.3, -0.25) is 19.3 Å². The Morgan fingerprint density at radius 1 is 1.05 bits per heavy atom. The van der Waals surface area contributed by atoms with Gasteiger partial charge in [0.25, 0.3) is 17.4 Å². The summed E-state index contributed by atoms with van der Waals surface area (Å²) in [5.74, 6) is 0.112. The molecule has 39 heavy (non-hydrogen) atoms. The number of anilines is 2. The van der Waals surface area contributed by atoms with Crippen molar-refractivity contribution in [2.24, 2.45) is 7.05 Å². The molecule has 4 aromatic rings. The molecule has 1 N–H and O–H groups in total. The number of pyridine rings is 1. The number of fused-ring (bicyclic) bond motifs is 4. The largest absolute Gasteiger partial charge is 0.496 e. The van der Waals surface area contributed by atoms with Crippen LogP contribution < -0.4 is 20.5 Å². The zero-order valence-electron chi connectivity index (χ0n) is 21.5. The van der Waals surface area contributed by atoms with E-state index in [0.717, 1.165) is 0 Å². The summed E-state index contributed by atoms with van der Waals surface area (Å²) in [7, 11) is 3.10. The third kappa shape index (κ3) is 3.33. The van der Waals surface area contributed by atoms with Crippen LogP contribution in [-0.2, 0) is 17.4 Å². The molecular formula is C28H23Cl2N5O4. The minimum atomic E-state index is -1.65. The van der Waals surface area contributed by atoms with Gasteiger partial charge in [0.2, 0.25) is 0 Å². The number of benzene rings is 2. The number of ether oxygens (including phenoxy) is 1. The lowest BCUT2D eigenvalue weighted by molar-refractivity contribution is -0.119. The predicted molar refractivity (Wildman–Crippen MR) is 149 cm³/mol. The maximum absolute atomic E-state index is 14.3. The number of nitrogens with zero attached hydrogens (tertiary/aromatic N) is 4. The number of hydrogen-bond donors (Lipinski definition) is 1. The number of amides is 2. The Bertz CT molecular complexity index is 1750. The minimum absolute atomic E-state index is 0.0846. The van der Waals surface area contributed by atoms with Crippen molar-refractivity contribution in [2.45, 2.75) is 25.4 Å². The number of rotatable bonds is 4. The van der Waals surface area contributed by atoms with E-state index in [1.165, 1.54) is 28.8 Å². The number of aryl methyl sites for hydroxylation is 1. The number of aromatic nitrogens is 3. The van der Waals surface area contributed by atoms with Gasteiger partial charge in [0.1, 0.15) is 16.6 Å². The van der Waals surface area contributed by atoms with E-state index < -0.39 is 22.9 Å². The van der Waals surface area contributed by atoms with Crippen LogP contribution in [0.3, 0.4) is 0 Å². The second-order valence-electron chi connectivity index (χ2n) is 9.75. The molecule has 2 amide bonds. The summed E-state index contributed by atoms with van der Waals surface area (Å²) >= 11 is 12.6. The zero-order chi connectivity index (χ0) is 27.8. The normalized spacial score (nSPS) is 17.7. The van der Waals surface area contributed by atoms with Gasteiger partial charge in [-0.15, -0.1) is 0 Å². The van der Waals surface area contributed by atoms with E-state index in [4.69, 9.17) is 32.9 Å². The smallest absolute Gasteiger partial charge is 0.280 e. The Morgan fingerprint density at radius 3 is 2.49 bits per heavy atom. The molecule has 0 aliphatic carbocycles. The van der Waals surface area contributed by atoms with Crippen LogP contribution in [0.2, 0.25) is 10.0 Å². The molecule has 1 spiro atoms. The fourth-order valence-corrected chi connectivity index (χ4v) is 6.05. The lowest BCUT2D eigenvalue weighted by atomic mass is 9.87. The predicted octanol–water partition coefficient (Wildman–Crippen LogP) is 5.00. The first-order valence-corrected chi connectivity index (χ1v) is 12.9. The van der Waals surface area contributed by atoms with Gasteiger partial charge in [-0.05, 0) is 44.2 Å². The Kier molecular flexibility index (Phi) is 5.64. The summed E-state index contributed by atoms with van der Waals surface area (Å²) in [6.45, 7) is 3.92. The Labute approximate surface area is 233 Å². The molecule has 9 nitrogen and oxygen atoms in total. The fourth-order valence-electron chi connectivity index (χ4n) is 5.63. The first-order valence-electron chi connectivity index (χ1n) is 12.2. The molecule has 2 aliphatic heterocycles. The van der Waals surface area contributed by atoms with Crippen LogP contribution in [0.5, 0.6) is 5.75 Å². The van der Waals surface area contributed by atoms with Crippen molar-refractivity contribution in [1.29, 1.82) is 0 Å². The fraction of sp³-hybridized carbons (Fsp3) is 0.214. The quantitative estimate of drug-likeness (QED) is 0.376. The van der Waals surface area contributed by atoms with Gasteiger partial charge in [0, 0.05) is 35.6 Å². The molecule has 6 rings (SSSR count). The lowest BCUT2D eigenvalue weighted by Gasteiger charge is -2.35. The lowest BCUT2D eigenvalue weighted by Crippen LogP contribution is -2.51. The highest BCUT2D eigenvalue weighted by Gasteiger charge is 2.64. The van der Waals surface area contributed by atoms with Crippen LogP contribution in [0.25, 0.3) is 11.4 Å². The number of imidazole rings is 1. The van der Waals surface area contributed by atoms with Gasteiger partial charge < -0.3 is 19.2 Å². The van der Waals surface area contributed by atoms with Crippen LogP contribution in [0, 0.1) is 0 Å².